The highest BCUT2D eigenvalue weighted by atomic mass is 32.2. The molecule has 1 aliphatic heterocycles. The van der Waals surface area contributed by atoms with Crippen molar-refractivity contribution in [2.24, 2.45) is 4.99 Å². The highest BCUT2D eigenvalue weighted by Crippen LogP contribution is 2.28. The Balaban J connectivity index is 1.43. The number of carbonyl (C=O) groups excluding carboxylic acids is 1. The Kier molecular flexibility index (Phi) is 6.45. The summed E-state index contributed by atoms with van der Waals surface area (Å²) in [5.74, 6) is 0.987. The molecule has 0 unspecified atom stereocenters. The third kappa shape index (κ3) is 5.02. The standard InChI is InChI=1S/C27H22N4O3S/c1-34-22-12-10-19(11-13-22)15-23-26(33)31(17-20-7-3-2-4-8-20)27(29-23)35-18-21-16-25(32)30-14-6-5-9-24(30)28-21/h2-16H,17-18H2,1H3/b23-15-. The smallest absolute Gasteiger partial charge is 0.278 e. The molecular weight excluding hydrogens is 460 g/mol. The van der Waals surface area contributed by atoms with Crippen molar-refractivity contribution in [3.63, 3.8) is 0 Å². The fourth-order valence-electron chi connectivity index (χ4n) is 3.72. The number of amidine groups is 1. The lowest BCUT2D eigenvalue weighted by molar-refractivity contribution is -0.122. The maximum absolute atomic E-state index is 13.3. The molecule has 4 aromatic rings. The van der Waals surface area contributed by atoms with E-state index in [1.165, 1.54) is 22.2 Å². The molecule has 2 aromatic carbocycles. The van der Waals surface area contributed by atoms with Gasteiger partial charge in [-0.15, -0.1) is 0 Å². The first kappa shape index (κ1) is 22.6. The zero-order valence-corrected chi connectivity index (χ0v) is 19.8. The van der Waals surface area contributed by atoms with E-state index in [0.717, 1.165) is 16.9 Å². The first-order valence-corrected chi connectivity index (χ1v) is 12.0. The number of rotatable bonds is 6. The van der Waals surface area contributed by atoms with Crippen molar-refractivity contribution < 1.29 is 9.53 Å². The molecule has 0 bridgehead atoms. The topological polar surface area (TPSA) is 76.3 Å². The summed E-state index contributed by atoms with van der Waals surface area (Å²) in [4.78, 5) is 36.7. The van der Waals surface area contributed by atoms with Crippen LogP contribution in [0.5, 0.6) is 5.75 Å². The SMILES string of the molecule is COc1ccc(/C=C2\N=C(SCc3cc(=O)n4ccccc4n3)N(Cc3ccccc3)C2=O)cc1. The van der Waals surface area contributed by atoms with Crippen LogP contribution in [0.15, 0.2) is 101 Å². The van der Waals surface area contributed by atoms with E-state index in [1.54, 1.807) is 36.4 Å². The predicted molar refractivity (Wildman–Crippen MR) is 138 cm³/mol. The number of hydrogen-bond acceptors (Lipinski definition) is 6. The van der Waals surface area contributed by atoms with Crippen molar-refractivity contribution in [3.8, 4) is 5.75 Å². The molecular formula is C27H22N4O3S. The van der Waals surface area contributed by atoms with Crippen LogP contribution < -0.4 is 10.3 Å². The third-order valence-corrected chi connectivity index (χ3v) is 6.50. The second-order valence-electron chi connectivity index (χ2n) is 7.88. The molecule has 35 heavy (non-hydrogen) atoms. The van der Waals surface area contributed by atoms with Gasteiger partial charge < -0.3 is 4.74 Å². The monoisotopic (exact) mass is 482 g/mol. The van der Waals surface area contributed by atoms with Crippen LogP contribution in [-0.4, -0.2) is 32.5 Å². The summed E-state index contributed by atoms with van der Waals surface area (Å²) in [6.45, 7) is 0.402. The second kappa shape index (κ2) is 9.99. The molecule has 1 aliphatic rings. The van der Waals surface area contributed by atoms with Crippen LogP contribution in [0.25, 0.3) is 11.7 Å². The van der Waals surface area contributed by atoms with E-state index in [4.69, 9.17) is 4.74 Å². The zero-order valence-electron chi connectivity index (χ0n) is 19.0. The highest BCUT2D eigenvalue weighted by Gasteiger charge is 2.30. The Labute approximate surface area is 206 Å². The molecule has 5 rings (SSSR count). The number of benzene rings is 2. The number of carbonyl (C=O) groups is 1. The van der Waals surface area contributed by atoms with Gasteiger partial charge in [-0.3, -0.25) is 18.9 Å². The molecule has 1 amide bonds. The summed E-state index contributed by atoms with van der Waals surface area (Å²) < 4.78 is 6.72. The van der Waals surface area contributed by atoms with Gasteiger partial charge in [-0.05, 0) is 41.5 Å². The molecule has 7 nitrogen and oxygen atoms in total. The van der Waals surface area contributed by atoms with Crippen LogP contribution in [0.2, 0.25) is 0 Å². The van der Waals surface area contributed by atoms with E-state index in [-0.39, 0.29) is 11.5 Å². The number of methoxy groups -OCH3 is 1. The molecule has 0 fully saturated rings. The number of fused-ring (bicyclic) bond motifs is 1. The zero-order chi connectivity index (χ0) is 24.2. The van der Waals surface area contributed by atoms with E-state index >= 15 is 0 Å². The minimum absolute atomic E-state index is 0.142. The van der Waals surface area contributed by atoms with Gasteiger partial charge in [-0.25, -0.2) is 9.98 Å². The Hall–Kier alpha value is -4.17. The molecule has 0 saturated heterocycles. The second-order valence-corrected chi connectivity index (χ2v) is 8.82. The van der Waals surface area contributed by atoms with Crippen LogP contribution in [0.3, 0.4) is 0 Å². The lowest BCUT2D eigenvalue weighted by Crippen LogP contribution is -2.30. The number of aliphatic imine (C=N–C) groups is 1. The summed E-state index contributed by atoms with van der Waals surface area (Å²) in [6.07, 6.45) is 3.47. The molecule has 0 spiro atoms. The minimum atomic E-state index is -0.168. The number of thioether (sulfide) groups is 1. The van der Waals surface area contributed by atoms with Gasteiger partial charge in [-0.1, -0.05) is 60.3 Å². The van der Waals surface area contributed by atoms with Gasteiger partial charge in [0.2, 0.25) is 0 Å². The maximum Gasteiger partial charge on any atom is 0.278 e. The van der Waals surface area contributed by atoms with E-state index < -0.39 is 0 Å². The van der Waals surface area contributed by atoms with Crippen molar-refractivity contribution in [2.45, 2.75) is 12.3 Å². The fraction of sp³-hybridized carbons (Fsp3) is 0.111. The van der Waals surface area contributed by atoms with Gasteiger partial charge in [0.1, 0.15) is 17.1 Å². The average molecular weight is 483 g/mol. The first-order chi connectivity index (χ1) is 17.1. The summed E-state index contributed by atoms with van der Waals surface area (Å²) in [5.41, 5.74) is 3.29. The molecule has 0 radical (unpaired) electrons. The largest absolute Gasteiger partial charge is 0.497 e. The van der Waals surface area contributed by atoms with Crippen LogP contribution in [0.1, 0.15) is 16.8 Å². The molecule has 3 heterocycles. The van der Waals surface area contributed by atoms with Gasteiger partial charge in [0.05, 0.1) is 19.3 Å². The van der Waals surface area contributed by atoms with E-state index in [1.807, 2.05) is 60.7 Å². The molecule has 0 N–H and O–H groups in total. The molecule has 174 valence electrons. The van der Waals surface area contributed by atoms with Gasteiger partial charge in [0.25, 0.3) is 11.5 Å². The van der Waals surface area contributed by atoms with Crippen LogP contribution in [-0.2, 0) is 17.1 Å². The van der Waals surface area contributed by atoms with Crippen molar-refractivity contribution in [2.75, 3.05) is 7.11 Å². The van der Waals surface area contributed by atoms with Gasteiger partial charge >= 0.3 is 0 Å². The summed E-state index contributed by atoms with van der Waals surface area (Å²) in [6, 6.07) is 24.2. The number of pyridine rings is 1. The van der Waals surface area contributed by atoms with Crippen LogP contribution in [0, 0.1) is 0 Å². The maximum atomic E-state index is 13.3. The molecule has 0 aliphatic carbocycles. The number of ether oxygens (including phenoxy) is 1. The molecule has 0 atom stereocenters. The average Bonchev–Trinajstić information content (AvgIpc) is 3.17. The Morgan fingerprint density at radius 2 is 1.74 bits per heavy atom. The lowest BCUT2D eigenvalue weighted by atomic mass is 10.1. The van der Waals surface area contributed by atoms with Crippen molar-refractivity contribution >= 4 is 34.6 Å². The summed E-state index contributed by atoms with van der Waals surface area (Å²) >= 11 is 1.39. The molecule has 8 heteroatoms. The first-order valence-electron chi connectivity index (χ1n) is 11.0. The quantitative estimate of drug-likeness (QED) is 0.382. The normalized spacial score (nSPS) is 14.5. The van der Waals surface area contributed by atoms with Crippen LogP contribution >= 0.6 is 11.8 Å². The Morgan fingerprint density at radius 1 is 0.971 bits per heavy atom. The Morgan fingerprint density at radius 3 is 2.51 bits per heavy atom. The van der Waals surface area contributed by atoms with E-state index in [0.29, 0.717) is 34.5 Å². The third-order valence-electron chi connectivity index (χ3n) is 5.49. The van der Waals surface area contributed by atoms with E-state index in [2.05, 4.69) is 9.98 Å². The minimum Gasteiger partial charge on any atom is -0.497 e. The van der Waals surface area contributed by atoms with Crippen molar-refractivity contribution in [3.05, 3.63) is 118 Å². The molecule has 0 saturated carbocycles. The van der Waals surface area contributed by atoms with E-state index in [9.17, 15) is 9.59 Å². The number of aromatic nitrogens is 2. The number of nitrogens with zero attached hydrogens (tertiary/aromatic N) is 4. The summed E-state index contributed by atoms with van der Waals surface area (Å²) in [7, 11) is 1.61. The number of amides is 1. The predicted octanol–water partition coefficient (Wildman–Crippen LogP) is 4.38. The van der Waals surface area contributed by atoms with Gasteiger partial charge in [0, 0.05) is 18.0 Å². The fourth-order valence-corrected chi connectivity index (χ4v) is 4.61. The Bertz CT molecular complexity index is 1490. The van der Waals surface area contributed by atoms with Crippen LogP contribution in [0.4, 0.5) is 0 Å². The van der Waals surface area contributed by atoms with Crippen molar-refractivity contribution in [1.82, 2.24) is 14.3 Å². The van der Waals surface area contributed by atoms with Crippen molar-refractivity contribution in [1.29, 1.82) is 0 Å². The molecule has 2 aromatic heterocycles. The van der Waals surface area contributed by atoms with Gasteiger partial charge in [-0.2, -0.15) is 0 Å². The highest BCUT2D eigenvalue weighted by molar-refractivity contribution is 8.13. The number of hydrogen-bond donors (Lipinski definition) is 0. The lowest BCUT2D eigenvalue weighted by Gasteiger charge is -2.17. The van der Waals surface area contributed by atoms with Gasteiger partial charge in [0.15, 0.2) is 5.17 Å². The summed E-state index contributed by atoms with van der Waals surface area (Å²) in [5, 5.41) is 0.577.